The molecular weight excluding hydrogens is 532 g/mol. The van der Waals surface area contributed by atoms with Crippen LogP contribution < -0.4 is 155 Å². The van der Waals surface area contributed by atoms with Crippen LogP contribution in [0.1, 0.15) is 47.4 Å². The van der Waals surface area contributed by atoms with Gasteiger partial charge in [-0.3, -0.25) is 20.0 Å². The topological polar surface area (TPSA) is 218 Å². The largest absolute Gasteiger partial charge is 1.00 e. The predicted molar refractivity (Wildman–Crippen MR) is 110 cm³/mol. The third-order valence-electron chi connectivity index (χ3n) is 2.77. The molecule has 1 amide bonds. The second kappa shape index (κ2) is 38.9. The van der Waals surface area contributed by atoms with Crippen LogP contribution in [0.2, 0.25) is 0 Å². The van der Waals surface area contributed by atoms with Gasteiger partial charge in [0.1, 0.15) is 12.2 Å². The summed E-state index contributed by atoms with van der Waals surface area (Å²) < 4.78 is 10.1. The van der Waals surface area contributed by atoms with Crippen molar-refractivity contribution < 1.29 is 159 Å². The summed E-state index contributed by atoms with van der Waals surface area (Å²) in [4.78, 5) is 39.2. The second-order valence-electron chi connectivity index (χ2n) is 5.32. The Balaban J connectivity index is -0.0000000551. The molecule has 0 aliphatic carbocycles. The fourth-order valence-electron chi connectivity index (χ4n) is 1.45. The zero-order valence-corrected chi connectivity index (χ0v) is 28.8. The standard InChI is InChI=1S/2C8H13N3O2.CH2O3.B.ClH.K.2Na.H/c1-2-3-4-13-8-10-6(9)5-7(12)11-8;1-2-3-6-13-8(10)11-7(12)4-5-9;2-1-4-3;;;;;;/h5H,2-4H2,1H3,(H3,9,10,11,12);2-4,6H2,1H3,(H2,10,11,12);1,3H;;1H;;;;/q;;;-1;;3*+1;-1/p-1. The van der Waals surface area contributed by atoms with Crippen LogP contribution >= 0.6 is 0 Å². The summed E-state index contributed by atoms with van der Waals surface area (Å²) in [6, 6.07) is 3.08. The van der Waals surface area contributed by atoms with Crippen molar-refractivity contribution >= 4 is 32.6 Å². The molecule has 0 saturated heterocycles. The molecule has 1 aromatic rings. The van der Waals surface area contributed by atoms with Crippen LogP contribution in [-0.4, -0.2) is 50.0 Å². The number of aromatic nitrogens is 2. The van der Waals surface area contributed by atoms with E-state index >= 15 is 0 Å². The summed E-state index contributed by atoms with van der Waals surface area (Å²) >= 11 is 0. The van der Waals surface area contributed by atoms with Gasteiger partial charge in [0.25, 0.3) is 18.0 Å². The molecule has 0 spiro atoms. The van der Waals surface area contributed by atoms with Crippen molar-refractivity contribution in [1.82, 2.24) is 15.3 Å². The van der Waals surface area contributed by atoms with Gasteiger partial charge in [0.2, 0.25) is 0 Å². The Bertz CT molecular complexity index is 754. The summed E-state index contributed by atoms with van der Waals surface area (Å²) in [5.41, 5.74) is 5.06. The number of H-pyrrole nitrogens is 1. The second-order valence-corrected chi connectivity index (χ2v) is 5.32. The third-order valence-corrected chi connectivity index (χ3v) is 2.77. The van der Waals surface area contributed by atoms with E-state index in [9.17, 15) is 9.59 Å². The number of rotatable bonds is 9. The molecule has 0 saturated carbocycles. The molecule has 0 fully saturated rings. The van der Waals surface area contributed by atoms with E-state index in [2.05, 4.69) is 27.1 Å². The number of anilines is 1. The molecule has 18 heteroatoms. The van der Waals surface area contributed by atoms with Crippen LogP contribution in [0.25, 0.3) is 0 Å². The van der Waals surface area contributed by atoms with Gasteiger partial charge in [0.05, 0.1) is 19.3 Å². The first-order valence-corrected chi connectivity index (χ1v) is 8.98. The molecule has 182 valence electrons. The molecule has 0 atom stereocenters. The number of nitrogen functional groups attached to an aromatic ring is 1. The van der Waals surface area contributed by atoms with Gasteiger partial charge in [0, 0.05) is 6.07 Å². The number of nitrogens with two attached hydrogens (primary N) is 2. The monoisotopic (exact) mass is 560 g/mol. The van der Waals surface area contributed by atoms with Gasteiger partial charge in [0.15, 0.2) is 0 Å². The molecule has 0 unspecified atom stereocenters. The predicted octanol–water partition coefficient (Wildman–Crippen LogP) is -14.3. The van der Waals surface area contributed by atoms with Crippen molar-refractivity contribution in [2.24, 2.45) is 0 Å². The number of aromatic amines is 1. The number of carbonyl (C=O) groups is 2. The number of nitrogens with one attached hydrogen (secondary N) is 2. The maximum absolute atomic E-state index is 10.9. The van der Waals surface area contributed by atoms with Gasteiger partial charge in [-0.05, 0) is 12.8 Å². The maximum Gasteiger partial charge on any atom is 1.00 e. The quantitative estimate of drug-likeness (QED) is 0.0425. The molecule has 0 bridgehead atoms. The average Bonchev–Trinajstić information content (AvgIpc) is 2.68. The Kier molecular flexibility index (Phi) is 57.6. The van der Waals surface area contributed by atoms with Crippen molar-refractivity contribution in [3.63, 3.8) is 0 Å². The minimum Gasteiger partial charge on any atom is -1.00 e. The number of carbonyl (C=O) groups excluding carboxylic acids is 2. The van der Waals surface area contributed by atoms with Gasteiger partial charge in [-0.2, -0.15) is 15.6 Å². The SMILES string of the molecule is CCCCOC(=[NH2+])NC(=O)CC#N.CCCCOc1nc(N)cc(=O)[nH]1.O=CO[O-].[B-].[Cl-].[H-].[K+].[Na+].[Na+]. The Morgan fingerprint density at radius 1 is 1.34 bits per heavy atom. The first-order valence-electron chi connectivity index (χ1n) is 8.98. The number of amides is 1. The van der Waals surface area contributed by atoms with Crippen LogP contribution in [0, 0.1) is 11.3 Å². The number of ether oxygens (including phenoxy) is 2. The number of hydrogen-bond donors (Lipinski definition) is 4. The Morgan fingerprint density at radius 3 is 2.29 bits per heavy atom. The Morgan fingerprint density at radius 2 is 1.86 bits per heavy atom. The third kappa shape index (κ3) is 39.0. The van der Waals surface area contributed by atoms with Gasteiger partial charge in [-0.25, -0.2) is 4.79 Å². The van der Waals surface area contributed by atoms with E-state index in [0.29, 0.717) is 13.2 Å². The van der Waals surface area contributed by atoms with Gasteiger partial charge >= 0.3 is 122 Å². The summed E-state index contributed by atoms with van der Waals surface area (Å²) in [5.74, 6) is -0.272. The normalized spacial score (nSPS) is 7.49. The van der Waals surface area contributed by atoms with Gasteiger partial charge in [-0.1, -0.05) is 26.7 Å². The number of unbranched alkanes of at least 4 members (excludes halogenated alkanes) is 2. The summed E-state index contributed by atoms with van der Waals surface area (Å²) in [5, 5.41) is 24.1. The first kappa shape index (κ1) is 51.9. The van der Waals surface area contributed by atoms with E-state index in [1.807, 2.05) is 6.92 Å². The van der Waals surface area contributed by atoms with Gasteiger partial charge < -0.3 is 47.6 Å². The molecule has 0 aliphatic heterocycles. The number of halogens is 1. The number of nitrogens with zero attached hydrogens (tertiary/aromatic N) is 2. The smallest absolute Gasteiger partial charge is 1.00 e. The Labute approximate surface area is 301 Å². The molecule has 13 nitrogen and oxygen atoms in total. The van der Waals surface area contributed by atoms with Crippen molar-refractivity contribution in [3.8, 4) is 12.1 Å². The summed E-state index contributed by atoms with van der Waals surface area (Å²) in [6.45, 7) is 4.92. The molecule has 35 heavy (non-hydrogen) atoms. The number of amidine groups is 1. The van der Waals surface area contributed by atoms with E-state index in [4.69, 9.17) is 35.9 Å². The van der Waals surface area contributed by atoms with Crippen molar-refractivity contribution in [1.29, 1.82) is 5.26 Å². The van der Waals surface area contributed by atoms with Crippen LogP contribution in [0.3, 0.4) is 0 Å². The van der Waals surface area contributed by atoms with Crippen LogP contribution in [0.15, 0.2) is 10.9 Å². The molecular formula is C17H29BClKN6Na2O7. The van der Waals surface area contributed by atoms with Crippen LogP contribution in [0.4, 0.5) is 5.82 Å². The van der Waals surface area contributed by atoms with Crippen LogP contribution in [-0.2, 0) is 19.2 Å². The van der Waals surface area contributed by atoms with E-state index in [-0.39, 0.29) is 169 Å². The summed E-state index contributed by atoms with van der Waals surface area (Å²) in [6.07, 6.45) is 3.64. The van der Waals surface area contributed by atoms with Crippen LogP contribution in [0.5, 0.6) is 6.01 Å². The average molecular weight is 561 g/mol. The van der Waals surface area contributed by atoms with E-state index in [0.717, 1.165) is 25.7 Å². The van der Waals surface area contributed by atoms with Crippen molar-refractivity contribution in [2.75, 3.05) is 18.9 Å². The zero-order chi connectivity index (χ0) is 23.2. The van der Waals surface area contributed by atoms with Gasteiger partial charge in [-0.15, -0.1) is 0 Å². The van der Waals surface area contributed by atoms with E-state index < -0.39 is 5.91 Å². The molecule has 4 radical (unpaired) electrons. The molecule has 0 aromatic carbocycles. The maximum atomic E-state index is 10.9. The molecule has 0 aliphatic rings. The van der Waals surface area contributed by atoms with Crippen molar-refractivity contribution in [3.05, 3.63) is 16.4 Å². The first-order chi connectivity index (χ1) is 14.3. The number of nitriles is 1. The minimum atomic E-state index is -0.448. The van der Waals surface area contributed by atoms with E-state index in [1.165, 1.54) is 6.07 Å². The fourth-order valence-corrected chi connectivity index (χ4v) is 1.45. The molecule has 1 heterocycles. The fraction of sp³-hybridized carbons (Fsp3) is 0.529. The minimum absolute atomic E-state index is 0. The zero-order valence-electron chi connectivity index (χ0n) is 22.0. The van der Waals surface area contributed by atoms with Crippen molar-refractivity contribution in [2.45, 2.75) is 46.0 Å². The molecule has 6 N–H and O–H groups in total. The van der Waals surface area contributed by atoms with E-state index in [1.54, 1.807) is 6.07 Å². The number of hydrogen-bond acceptors (Lipinski definition) is 10. The molecule has 1 rings (SSSR count). The molecule has 1 aromatic heterocycles. The Hall–Kier alpha value is 0.331. The summed E-state index contributed by atoms with van der Waals surface area (Å²) in [7, 11) is 0.